The smallest absolute Gasteiger partial charge is 0.339 e. The number of hydrogen-bond acceptors (Lipinski definition) is 5. The summed E-state index contributed by atoms with van der Waals surface area (Å²) in [6.45, 7) is 3.90. The Kier molecular flexibility index (Phi) is 3.73. The van der Waals surface area contributed by atoms with Gasteiger partial charge < -0.3 is 9.15 Å². The number of benzene rings is 1. The van der Waals surface area contributed by atoms with Crippen LogP contribution in [-0.4, -0.2) is 22.3 Å². The zero-order valence-corrected chi connectivity index (χ0v) is 12.2. The van der Waals surface area contributed by atoms with Gasteiger partial charge in [-0.3, -0.25) is 0 Å². The van der Waals surface area contributed by atoms with Crippen LogP contribution in [0.5, 0.6) is 0 Å². The van der Waals surface area contributed by atoms with E-state index in [0.717, 1.165) is 19.3 Å². The Morgan fingerprint density at radius 3 is 2.76 bits per heavy atom. The fraction of sp³-hybridized carbons (Fsp3) is 0.438. The number of ether oxygens (including phenoxy) is 1. The van der Waals surface area contributed by atoms with Crippen LogP contribution in [0.4, 0.5) is 0 Å². The maximum absolute atomic E-state index is 12.4. The average Bonchev–Trinajstić information content (AvgIpc) is 3.07. The van der Waals surface area contributed by atoms with Crippen LogP contribution in [0, 0.1) is 12.8 Å². The Hall–Kier alpha value is -2.17. The first-order valence-electron chi connectivity index (χ1n) is 7.24. The summed E-state index contributed by atoms with van der Waals surface area (Å²) in [6.07, 6.45) is 3.01. The van der Waals surface area contributed by atoms with E-state index in [1.54, 1.807) is 25.1 Å². The van der Waals surface area contributed by atoms with E-state index in [4.69, 9.17) is 9.15 Å². The number of esters is 1. The van der Waals surface area contributed by atoms with Gasteiger partial charge in [-0.05, 0) is 37.3 Å². The lowest BCUT2D eigenvalue weighted by Gasteiger charge is -2.13. The standard InChI is InChI=1S/C16H18N2O3/c1-10-7-8-12(9-10)21-16(19)14-6-4-3-5-13(14)15-18-17-11(2)20-15/h3-6,10,12H,7-9H2,1-2H3/t10-,12-/m0/s1. The molecule has 0 radical (unpaired) electrons. The van der Waals surface area contributed by atoms with Gasteiger partial charge in [-0.1, -0.05) is 19.1 Å². The summed E-state index contributed by atoms with van der Waals surface area (Å²) in [4.78, 5) is 12.4. The fourth-order valence-corrected chi connectivity index (χ4v) is 2.73. The molecule has 0 amide bonds. The topological polar surface area (TPSA) is 65.2 Å². The second kappa shape index (κ2) is 5.68. The number of rotatable bonds is 3. The second-order valence-corrected chi connectivity index (χ2v) is 5.62. The van der Waals surface area contributed by atoms with Crippen LogP contribution in [0.25, 0.3) is 11.5 Å². The highest BCUT2D eigenvalue weighted by molar-refractivity contribution is 5.96. The van der Waals surface area contributed by atoms with E-state index in [1.165, 1.54) is 0 Å². The number of carbonyl (C=O) groups is 1. The van der Waals surface area contributed by atoms with Gasteiger partial charge in [0.05, 0.1) is 11.1 Å². The highest BCUT2D eigenvalue weighted by atomic mass is 16.5. The van der Waals surface area contributed by atoms with Crippen LogP contribution in [-0.2, 0) is 4.74 Å². The molecule has 110 valence electrons. The first-order valence-corrected chi connectivity index (χ1v) is 7.24. The van der Waals surface area contributed by atoms with E-state index in [0.29, 0.717) is 28.8 Å². The highest BCUT2D eigenvalue weighted by Gasteiger charge is 2.26. The molecule has 0 saturated heterocycles. The highest BCUT2D eigenvalue weighted by Crippen LogP contribution is 2.29. The Labute approximate surface area is 123 Å². The van der Waals surface area contributed by atoms with Crippen molar-refractivity contribution in [2.45, 2.75) is 39.2 Å². The molecule has 1 aromatic heterocycles. The van der Waals surface area contributed by atoms with Crippen molar-refractivity contribution in [1.29, 1.82) is 0 Å². The summed E-state index contributed by atoms with van der Waals surface area (Å²) in [5.74, 6) is 1.12. The largest absolute Gasteiger partial charge is 0.459 e. The molecule has 2 aromatic rings. The van der Waals surface area contributed by atoms with Gasteiger partial charge in [0, 0.05) is 6.92 Å². The summed E-state index contributed by atoms with van der Waals surface area (Å²) in [5.41, 5.74) is 1.09. The summed E-state index contributed by atoms with van der Waals surface area (Å²) >= 11 is 0. The van der Waals surface area contributed by atoms with Crippen LogP contribution in [0.2, 0.25) is 0 Å². The number of carbonyl (C=O) groups excluding carboxylic acids is 1. The SMILES string of the molecule is Cc1nnc(-c2ccccc2C(=O)O[C@H]2CC[C@H](C)C2)o1. The van der Waals surface area contributed by atoms with E-state index in [9.17, 15) is 4.79 Å². The lowest BCUT2D eigenvalue weighted by molar-refractivity contribution is 0.0311. The maximum atomic E-state index is 12.4. The fourth-order valence-electron chi connectivity index (χ4n) is 2.73. The zero-order valence-electron chi connectivity index (χ0n) is 12.2. The van der Waals surface area contributed by atoms with Gasteiger partial charge in [0.2, 0.25) is 11.8 Å². The molecule has 1 aromatic carbocycles. The molecule has 1 aliphatic rings. The Morgan fingerprint density at radius 1 is 1.29 bits per heavy atom. The normalized spacial score (nSPS) is 21.4. The maximum Gasteiger partial charge on any atom is 0.339 e. The molecule has 0 N–H and O–H groups in total. The zero-order chi connectivity index (χ0) is 14.8. The molecule has 1 fully saturated rings. The Bertz CT molecular complexity index is 650. The molecule has 1 heterocycles. The minimum atomic E-state index is -0.319. The molecule has 1 saturated carbocycles. The van der Waals surface area contributed by atoms with E-state index in [1.807, 2.05) is 6.07 Å². The molecule has 5 nitrogen and oxygen atoms in total. The van der Waals surface area contributed by atoms with E-state index >= 15 is 0 Å². The predicted octanol–water partition coefficient (Wildman–Crippen LogP) is 3.39. The van der Waals surface area contributed by atoms with Crippen molar-refractivity contribution in [2.75, 3.05) is 0 Å². The van der Waals surface area contributed by atoms with Gasteiger partial charge in [0.1, 0.15) is 6.10 Å². The molecule has 0 aliphatic heterocycles. The lowest BCUT2D eigenvalue weighted by atomic mass is 10.1. The van der Waals surface area contributed by atoms with E-state index < -0.39 is 0 Å². The summed E-state index contributed by atoms with van der Waals surface area (Å²) in [5, 5.41) is 7.79. The van der Waals surface area contributed by atoms with Gasteiger partial charge in [0.25, 0.3) is 0 Å². The van der Waals surface area contributed by atoms with Crippen LogP contribution in [0.15, 0.2) is 28.7 Å². The molecule has 0 spiro atoms. The Morgan fingerprint density at radius 2 is 2.10 bits per heavy atom. The van der Waals surface area contributed by atoms with Crippen LogP contribution in [0.1, 0.15) is 42.4 Å². The van der Waals surface area contributed by atoms with Crippen molar-refractivity contribution in [2.24, 2.45) is 5.92 Å². The van der Waals surface area contributed by atoms with Gasteiger partial charge in [-0.2, -0.15) is 0 Å². The van der Waals surface area contributed by atoms with Crippen molar-refractivity contribution >= 4 is 5.97 Å². The molecule has 3 rings (SSSR count). The third-order valence-electron chi connectivity index (χ3n) is 3.82. The van der Waals surface area contributed by atoms with Crippen molar-refractivity contribution < 1.29 is 13.9 Å². The van der Waals surface area contributed by atoms with Gasteiger partial charge in [0.15, 0.2) is 0 Å². The quantitative estimate of drug-likeness (QED) is 0.809. The molecule has 0 bridgehead atoms. The van der Waals surface area contributed by atoms with Crippen molar-refractivity contribution in [3.8, 4) is 11.5 Å². The minimum absolute atomic E-state index is 0.0185. The number of hydrogen-bond donors (Lipinski definition) is 0. The molecular formula is C16H18N2O3. The molecule has 5 heteroatoms. The first kappa shape index (κ1) is 13.8. The number of nitrogens with zero attached hydrogens (tertiary/aromatic N) is 2. The monoisotopic (exact) mass is 286 g/mol. The van der Waals surface area contributed by atoms with Crippen molar-refractivity contribution in [3.63, 3.8) is 0 Å². The first-order chi connectivity index (χ1) is 10.1. The van der Waals surface area contributed by atoms with Gasteiger partial charge in [-0.25, -0.2) is 4.79 Å². The van der Waals surface area contributed by atoms with Crippen LogP contribution in [0.3, 0.4) is 0 Å². The summed E-state index contributed by atoms with van der Waals surface area (Å²) < 4.78 is 11.0. The molecule has 21 heavy (non-hydrogen) atoms. The molecular weight excluding hydrogens is 268 g/mol. The number of aryl methyl sites for hydroxylation is 1. The van der Waals surface area contributed by atoms with Crippen molar-refractivity contribution in [3.05, 3.63) is 35.7 Å². The molecule has 0 unspecified atom stereocenters. The van der Waals surface area contributed by atoms with Gasteiger partial charge >= 0.3 is 5.97 Å². The lowest BCUT2D eigenvalue weighted by Crippen LogP contribution is -2.16. The molecule has 1 aliphatic carbocycles. The summed E-state index contributed by atoms with van der Waals surface area (Å²) in [6, 6.07) is 7.17. The number of aromatic nitrogens is 2. The average molecular weight is 286 g/mol. The Balaban J connectivity index is 1.83. The van der Waals surface area contributed by atoms with E-state index in [-0.39, 0.29) is 12.1 Å². The minimum Gasteiger partial charge on any atom is -0.459 e. The van der Waals surface area contributed by atoms with E-state index in [2.05, 4.69) is 17.1 Å². The third-order valence-corrected chi connectivity index (χ3v) is 3.82. The van der Waals surface area contributed by atoms with Crippen LogP contribution >= 0.6 is 0 Å². The summed E-state index contributed by atoms with van der Waals surface area (Å²) in [7, 11) is 0. The third kappa shape index (κ3) is 2.96. The molecule has 2 atom stereocenters. The van der Waals surface area contributed by atoms with Gasteiger partial charge in [-0.15, -0.1) is 10.2 Å². The predicted molar refractivity (Wildman–Crippen MR) is 76.7 cm³/mol. The second-order valence-electron chi connectivity index (χ2n) is 5.62. The van der Waals surface area contributed by atoms with Crippen LogP contribution < -0.4 is 0 Å². The van der Waals surface area contributed by atoms with Crippen molar-refractivity contribution in [1.82, 2.24) is 10.2 Å².